The number of aromatic nitrogens is 2. The van der Waals surface area contributed by atoms with Crippen molar-refractivity contribution in [3.63, 3.8) is 0 Å². The third-order valence-electron chi connectivity index (χ3n) is 14.1. The number of nitro benzene ring substituents is 1. The molecule has 0 bridgehead atoms. The number of nitrogens with two attached hydrogens (primary N) is 1. The number of carbonyl (C=O) groups is 1. The molecule has 16 nitrogen and oxygen atoms in total. The number of pyridine rings is 1. The second-order valence-electron chi connectivity index (χ2n) is 20.3. The van der Waals surface area contributed by atoms with E-state index in [-0.39, 0.29) is 22.6 Å². The minimum atomic E-state index is -4.61. The van der Waals surface area contributed by atoms with Gasteiger partial charge in [-0.05, 0) is 123 Å². The maximum Gasteiger partial charge on any atom is 0.293 e. The van der Waals surface area contributed by atoms with E-state index in [1.807, 2.05) is 55.1 Å². The van der Waals surface area contributed by atoms with Gasteiger partial charge in [0.05, 0.1) is 21.1 Å². The molecule has 366 valence electrons. The minimum absolute atomic E-state index is 0.0812. The smallest absolute Gasteiger partial charge is 0.293 e. The molecular weight excluding hydrogens is 918 g/mol. The average molecular weight is 981 g/mol. The first-order valence-corrected chi connectivity index (χ1v) is 25.7. The molecule has 3 aliphatic heterocycles. The van der Waals surface area contributed by atoms with Crippen molar-refractivity contribution in [2.75, 3.05) is 74.1 Å². The zero-order chi connectivity index (χ0) is 48.7. The number of H-pyrrole nitrogens is 1. The molecule has 3 aromatic carbocycles. The zero-order valence-electron chi connectivity index (χ0n) is 39.7. The Labute approximate surface area is 408 Å². The summed E-state index contributed by atoms with van der Waals surface area (Å²) in [5.74, 6) is -0.317. The molecule has 9 rings (SSSR count). The van der Waals surface area contributed by atoms with E-state index < -0.39 is 43.1 Å². The predicted molar refractivity (Wildman–Crippen MR) is 271 cm³/mol. The van der Waals surface area contributed by atoms with E-state index in [4.69, 9.17) is 31.8 Å². The highest BCUT2D eigenvalue weighted by Gasteiger charge is 2.36. The molecule has 5 N–H and O–H groups in total. The summed E-state index contributed by atoms with van der Waals surface area (Å²) < 4.78 is 42.4. The van der Waals surface area contributed by atoms with Crippen LogP contribution in [0.5, 0.6) is 5.88 Å². The summed E-state index contributed by atoms with van der Waals surface area (Å²) in [5, 5.41) is 17.0. The largest absolute Gasteiger partial charge is 0.471 e. The van der Waals surface area contributed by atoms with E-state index in [0.717, 1.165) is 87.0 Å². The normalized spacial score (nSPS) is 19.5. The number of amides is 1. The lowest BCUT2D eigenvalue weighted by atomic mass is 9.72. The van der Waals surface area contributed by atoms with E-state index in [9.17, 15) is 23.3 Å². The third-order valence-corrected chi connectivity index (χ3v) is 15.7. The number of nitrogens with one attached hydrogen (secondary N) is 3. The van der Waals surface area contributed by atoms with Crippen LogP contribution in [0.25, 0.3) is 16.6 Å². The number of nitrogens with zero attached hydrogens (tertiary/aromatic N) is 5. The van der Waals surface area contributed by atoms with Gasteiger partial charge >= 0.3 is 0 Å². The molecule has 69 heavy (non-hydrogen) atoms. The lowest BCUT2D eigenvalue weighted by Crippen LogP contribution is -2.48. The van der Waals surface area contributed by atoms with Crippen molar-refractivity contribution in [2.45, 2.75) is 82.8 Å². The van der Waals surface area contributed by atoms with Gasteiger partial charge in [-0.3, -0.25) is 19.8 Å². The second kappa shape index (κ2) is 19.6. The second-order valence-corrected chi connectivity index (χ2v) is 22.4. The number of sulfonamides is 1. The van der Waals surface area contributed by atoms with E-state index in [1.54, 1.807) is 12.3 Å². The molecule has 1 aliphatic carbocycles. The Balaban J connectivity index is 1.02. The van der Waals surface area contributed by atoms with Crippen molar-refractivity contribution < 1.29 is 27.6 Å². The molecule has 0 saturated carbocycles. The fraction of sp³-hybridized carbons (Fsp3) is 0.451. The Morgan fingerprint density at radius 1 is 0.986 bits per heavy atom. The molecule has 2 fully saturated rings. The van der Waals surface area contributed by atoms with E-state index >= 15 is 0 Å². The Morgan fingerprint density at radius 2 is 1.74 bits per heavy atom. The van der Waals surface area contributed by atoms with Gasteiger partial charge in [0, 0.05) is 99.3 Å². The van der Waals surface area contributed by atoms with Gasteiger partial charge in [-0.2, -0.15) is 4.98 Å². The number of rotatable bonds is 13. The average Bonchev–Trinajstić information content (AvgIpc) is 3.69. The number of anilines is 4. The molecule has 18 heteroatoms. The number of allylic oxidation sites excluding steroid dienone is 1. The summed E-state index contributed by atoms with van der Waals surface area (Å²) in [5.41, 5.74) is 12.6. The number of halogens is 1. The van der Waals surface area contributed by atoms with Crippen LogP contribution < -0.4 is 30.3 Å². The molecule has 5 aromatic rings. The van der Waals surface area contributed by atoms with Gasteiger partial charge in [0.2, 0.25) is 5.88 Å². The number of benzene rings is 3. The molecule has 0 radical (unpaired) electrons. The summed E-state index contributed by atoms with van der Waals surface area (Å²) in [6, 6.07) is 21.1. The maximum absolute atomic E-state index is 14.6. The number of hydrogen-bond acceptors (Lipinski definition) is 13. The van der Waals surface area contributed by atoms with Crippen LogP contribution in [-0.4, -0.2) is 105 Å². The Morgan fingerprint density at radius 3 is 2.46 bits per heavy atom. The summed E-state index contributed by atoms with van der Waals surface area (Å²) in [4.78, 5) is 40.6. The summed E-state index contributed by atoms with van der Waals surface area (Å²) in [6.07, 6.45) is 6.61. The van der Waals surface area contributed by atoms with Crippen molar-refractivity contribution in [3.05, 3.63) is 111 Å². The summed E-state index contributed by atoms with van der Waals surface area (Å²) in [7, 11) is -4.61. The van der Waals surface area contributed by atoms with Crippen LogP contribution in [0.3, 0.4) is 0 Å². The van der Waals surface area contributed by atoms with Gasteiger partial charge in [-0.15, -0.1) is 0 Å². The number of fused-ring (bicyclic) bond motifs is 2. The first kappa shape index (κ1) is 48.3. The molecule has 4 aliphatic rings. The van der Waals surface area contributed by atoms with Crippen molar-refractivity contribution >= 4 is 72.6 Å². The topological polar surface area (TPSA) is 201 Å². The Bertz CT molecular complexity index is 2870. The molecule has 1 amide bonds. The molecule has 0 spiro atoms. The SMILES string of the molecule is CC1(C)CCC(CN2CCN(c3ccc(C(=O)NS(=O)(=O)c4ccc(NCC5CCOCC5)c([N+](=O)[O-])c4)c(N4CCC(C(C)(C)N)Oc5nc6[nH]ccc6cc54)c3)CC2)=C(c2ccc(Cl)cc2)C1. The third kappa shape index (κ3) is 10.9. The summed E-state index contributed by atoms with van der Waals surface area (Å²) in [6.45, 7) is 14.5. The molecule has 5 heterocycles. The summed E-state index contributed by atoms with van der Waals surface area (Å²) >= 11 is 6.29. The Hall–Kier alpha value is -5.72. The number of nitro groups is 1. The molecule has 2 aromatic heterocycles. The van der Waals surface area contributed by atoms with E-state index in [2.05, 4.69) is 50.8 Å². The zero-order valence-corrected chi connectivity index (χ0v) is 41.3. The first-order chi connectivity index (χ1) is 32.9. The predicted octanol–water partition coefficient (Wildman–Crippen LogP) is 8.89. The van der Waals surface area contributed by atoms with E-state index in [0.29, 0.717) is 55.6 Å². The molecule has 2 saturated heterocycles. The fourth-order valence-corrected chi connectivity index (χ4v) is 11.1. The van der Waals surface area contributed by atoms with Gasteiger partial charge in [-0.1, -0.05) is 43.2 Å². The van der Waals surface area contributed by atoms with Crippen LogP contribution in [0.1, 0.15) is 82.1 Å². The van der Waals surface area contributed by atoms with Gasteiger partial charge in [0.15, 0.2) is 0 Å². The first-order valence-electron chi connectivity index (χ1n) is 23.9. The van der Waals surface area contributed by atoms with Crippen LogP contribution in [-0.2, 0) is 14.8 Å². The standard InChI is InChI=1S/C51H62ClN9O7S/c1-50(2)18-13-36(41(30-50)34-5-7-37(52)8-6-34)32-58-21-23-59(24-22-58)38-9-11-40(43(28-38)60-20-15-46(51(3,4)53)68-49-45(60)27-35-14-19-54-47(35)56-49)48(62)57-69(65,66)39-10-12-42(44(29-39)61(63)64)55-31-33-16-25-67-26-17-33/h5-12,14,19,27-29,33,46,55H,13,15-18,20-26,30-32,53H2,1-4H3,(H,54,56)(H,57,62). The molecule has 1 atom stereocenters. The number of aromatic amines is 1. The van der Waals surface area contributed by atoms with Crippen molar-refractivity contribution in [2.24, 2.45) is 17.1 Å². The highest BCUT2D eigenvalue weighted by molar-refractivity contribution is 7.90. The lowest BCUT2D eigenvalue weighted by molar-refractivity contribution is -0.384. The quantitative estimate of drug-likeness (QED) is 0.0644. The van der Waals surface area contributed by atoms with Gasteiger partial charge in [0.25, 0.3) is 21.6 Å². The van der Waals surface area contributed by atoms with Crippen LogP contribution in [0.2, 0.25) is 5.02 Å². The van der Waals surface area contributed by atoms with Crippen LogP contribution in [0.4, 0.5) is 28.4 Å². The number of hydrogen-bond donors (Lipinski definition) is 4. The minimum Gasteiger partial charge on any atom is -0.471 e. The number of ether oxygens (including phenoxy) is 2. The van der Waals surface area contributed by atoms with Crippen molar-refractivity contribution in [1.82, 2.24) is 19.6 Å². The van der Waals surface area contributed by atoms with Gasteiger partial charge in [0.1, 0.15) is 23.1 Å². The monoisotopic (exact) mass is 979 g/mol. The van der Waals surface area contributed by atoms with Crippen LogP contribution in [0.15, 0.2) is 89.5 Å². The molecule has 1 unspecified atom stereocenters. The highest BCUT2D eigenvalue weighted by atomic mass is 35.5. The van der Waals surface area contributed by atoms with Gasteiger partial charge in [-0.25, -0.2) is 13.1 Å². The van der Waals surface area contributed by atoms with Crippen LogP contribution in [0, 0.1) is 21.4 Å². The molecular formula is C51H62ClN9O7S. The van der Waals surface area contributed by atoms with Crippen molar-refractivity contribution in [3.8, 4) is 5.88 Å². The lowest BCUT2D eigenvalue weighted by Gasteiger charge is -2.39. The van der Waals surface area contributed by atoms with Gasteiger partial charge < -0.3 is 35.3 Å². The van der Waals surface area contributed by atoms with E-state index in [1.165, 1.54) is 28.8 Å². The number of carbonyl (C=O) groups excluding carboxylic acids is 1. The van der Waals surface area contributed by atoms with Crippen LogP contribution >= 0.6 is 11.6 Å². The fourth-order valence-electron chi connectivity index (χ4n) is 10.0. The number of piperazine rings is 1. The van der Waals surface area contributed by atoms with Crippen molar-refractivity contribution in [1.29, 1.82) is 0 Å². The highest BCUT2D eigenvalue weighted by Crippen LogP contribution is 2.45. The Kier molecular flexibility index (Phi) is 13.7. The maximum atomic E-state index is 14.6.